The molecule has 2 N–H and O–H groups in total. The summed E-state index contributed by atoms with van der Waals surface area (Å²) in [6, 6.07) is 14.6. The number of amides is 1. The number of pyridine rings is 1. The SMILES string of the molecule is COc1ccccc1N1CC(c2cc(=O)[nH]c(NCCc3ccccn3)n2)CC1=O. The van der Waals surface area contributed by atoms with Crippen LogP contribution in [0.15, 0.2) is 59.5 Å². The molecule has 8 nitrogen and oxygen atoms in total. The number of methoxy groups -OCH3 is 1. The molecule has 3 heterocycles. The highest BCUT2D eigenvalue weighted by molar-refractivity contribution is 5.97. The molecular weight excluding hydrogens is 382 g/mol. The summed E-state index contributed by atoms with van der Waals surface area (Å²) >= 11 is 0. The second kappa shape index (κ2) is 8.77. The van der Waals surface area contributed by atoms with Crippen molar-refractivity contribution in [2.75, 3.05) is 30.4 Å². The van der Waals surface area contributed by atoms with Gasteiger partial charge in [0, 0.05) is 49.8 Å². The van der Waals surface area contributed by atoms with Gasteiger partial charge in [0.1, 0.15) is 5.75 Å². The molecule has 2 aromatic heterocycles. The van der Waals surface area contributed by atoms with Crippen LogP contribution in [0, 0.1) is 0 Å². The number of hydrogen-bond acceptors (Lipinski definition) is 6. The zero-order valence-electron chi connectivity index (χ0n) is 16.7. The van der Waals surface area contributed by atoms with E-state index in [-0.39, 0.29) is 17.4 Å². The fourth-order valence-corrected chi connectivity index (χ4v) is 3.62. The van der Waals surface area contributed by atoms with Crippen molar-refractivity contribution in [3.63, 3.8) is 0 Å². The minimum absolute atomic E-state index is 0.0174. The number of benzene rings is 1. The molecule has 0 saturated carbocycles. The maximum atomic E-state index is 12.7. The van der Waals surface area contributed by atoms with Gasteiger partial charge in [0.05, 0.1) is 18.5 Å². The number of ether oxygens (including phenoxy) is 1. The maximum absolute atomic E-state index is 12.7. The Labute approximate surface area is 173 Å². The molecule has 1 aromatic carbocycles. The third-order valence-corrected chi connectivity index (χ3v) is 5.08. The quantitative estimate of drug-likeness (QED) is 0.626. The number of hydrogen-bond donors (Lipinski definition) is 2. The molecule has 0 spiro atoms. The Morgan fingerprint density at radius 1 is 1.20 bits per heavy atom. The van der Waals surface area contributed by atoms with Crippen LogP contribution in [0.4, 0.5) is 11.6 Å². The summed E-state index contributed by atoms with van der Waals surface area (Å²) in [5.41, 5.74) is 2.04. The van der Waals surface area contributed by atoms with E-state index in [0.29, 0.717) is 43.3 Å². The highest BCUT2D eigenvalue weighted by Gasteiger charge is 2.34. The van der Waals surface area contributed by atoms with Crippen molar-refractivity contribution in [2.45, 2.75) is 18.8 Å². The molecule has 30 heavy (non-hydrogen) atoms. The Hall–Kier alpha value is -3.68. The van der Waals surface area contributed by atoms with Crippen molar-refractivity contribution in [3.8, 4) is 5.75 Å². The van der Waals surface area contributed by atoms with E-state index >= 15 is 0 Å². The van der Waals surface area contributed by atoms with E-state index in [2.05, 4.69) is 20.3 Å². The molecule has 0 radical (unpaired) electrons. The second-order valence-electron chi connectivity index (χ2n) is 7.09. The summed E-state index contributed by atoms with van der Waals surface area (Å²) in [6.45, 7) is 1.03. The van der Waals surface area contributed by atoms with Gasteiger partial charge in [-0.05, 0) is 24.3 Å². The van der Waals surface area contributed by atoms with E-state index in [9.17, 15) is 9.59 Å². The number of carbonyl (C=O) groups is 1. The fraction of sp³-hybridized carbons (Fsp3) is 0.273. The average Bonchev–Trinajstić information content (AvgIpc) is 3.15. The van der Waals surface area contributed by atoms with Gasteiger partial charge in [-0.25, -0.2) is 4.98 Å². The van der Waals surface area contributed by atoms with E-state index in [1.165, 1.54) is 6.07 Å². The number of nitrogens with zero attached hydrogens (tertiary/aromatic N) is 3. The predicted octanol–water partition coefficient (Wildman–Crippen LogP) is 2.35. The van der Waals surface area contributed by atoms with Crippen molar-refractivity contribution in [1.82, 2.24) is 15.0 Å². The number of nitrogens with one attached hydrogen (secondary N) is 2. The summed E-state index contributed by atoms with van der Waals surface area (Å²) in [5, 5.41) is 3.14. The van der Waals surface area contributed by atoms with E-state index < -0.39 is 0 Å². The largest absolute Gasteiger partial charge is 0.495 e. The first kappa shape index (κ1) is 19.6. The van der Waals surface area contributed by atoms with Crippen molar-refractivity contribution in [1.29, 1.82) is 0 Å². The lowest BCUT2D eigenvalue weighted by Crippen LogP contribution is -2.25. The molecule has 3 aromatic rings. The Kier molecular flexibility index (Phi) is 5.74. The molecule has 0 bridgehead atoms. The molecule has 1 aliphatic rings. The van der Waals surface area contributed by atoms with Gasteiger partial charge in [0.2, 0.25) is 11.9 Å². The number of anilines is 2. The summed E-state index contributed by atoms with van der Waals surface area (Å²) in [4.78, 5) is 38.1. The lowest BCUT2D eigenvalue weighted by molar-refractivity contribution is -0.117. The van der Waals surface area contributed by atoms with Gasteiger partial charge in [-0.2, -0.15) is 0 Å². The molecule has 0 aliphatic carbocycles. The number of H-pyrrole nitrogens is 1. The van der Waals surface area contributed by atoms with E-state index in [1.54, 1.807) is 18.2 Å². The normalized spacial score (nSPS) is 16.0. The third-order valence-electron chi connectivity index (χ3n) is 5.08. The Morgan fingerprint density at radius 3 is 2.83 bits per heavy atom. The Morgan fingerprint density at radius 2 is 2.03 bits per heavy atom. The van der Waals surface area contributed by atoms with E-state index in [4.69, 9.17) is 4.74 Å². The summed E-state index contributed by atoms with van der Waals surface area (Å²) < 4.78 is 5.39. The lowest BCUT2D eigenvalue weighted by atomic mass is 10.0. The second-order valence-corrected chi connectivity index (χ2v) is 7.09. The first-order valence-electron chi connectivity index (χ1n) is 9.82. The van der Waals surface area contributed by atoms with Crippen molar-refractivity contribution >= 4 is 17.5 Å². The fourth-order valence-electron chi connectivity index (χ4n) is 3.62. The molecule has 1 saturated heterocycles. The number of aromatic nitrogens is 3. The number of rotatable bonds is 7. The zero-order chi connectivity index (χ0) is 20.9. The smallest absolute Gasteiger partial charge is 0.252 e. The van der Waals surface area contributed by atoms with Crippen LogP contribution in [0.25, 0.3) is 0 Å². The van der Waals surface area contributed by atoms with Crippen LogP contribution in [0.2, 0.25) is 0 Å². The summed E-state index contributed by atoms with van der Waals surface area (Å²) in [7, 11) is 1.58. The Bertz CT molecular complexity index is 1080. The van der Waals surface area contributed by atoms with Crippen LogP contribution in [-0.4, -0.2) is 41.1 Å². The van der Waals surface area contributed by atoms with Crippen LogP contribution in [-0.2, 0) is 11.2 Å². The summed E-state index contributed by atoms with van der Waals surface area (Å²) in [6.07, 6.45) is 2.75. The highest BCUT2D eigenvalue weighted by Crippen LogP contribution is 2.35. The van der Waals surface area contributed by atoms with Crippen molar-refractivity contribution in [3.05, 3.63) is 76.5 Å². The molecule has 1 unspecified atom stereocenters. The van der Waals surface area contributed by atoms with E-state index in [1.807, 2.05) is 42.5 Å². The topological polar surface area (TPSA) is 100 Å². The molecule has 8 heteroatoms. The predicted molar refractivity (Wildman–Crippen MR) is 114 cm³/mol. The van der Waals surface area contributed by atoms with Gasteiger partial charge in [-0.3, -0.25) is 19.6 Å². The molecule has 1 aliphatic heterocycles. The molecule has 1 atom stereocenters. The monoisotopic (exact) mass is 405 g/mol. The lowest BCUT2D eigenvalue weighted by Gasteiger charge is -2.19. The van der Waals surface area contributed by atoms with Gasteiger partial charge in [-0.1, -0.05) is 18.2 Å². The van der Waals surface area contributed by atoms with E-state index in [0.717, 1.165) is 11.4 Å². The highest BCUT2D eigenvalue weighted by atomic mass is 16.5. The minimum atomic E-state index is -0.247. The summed E-state index contributed by atoms with van der Waals surface area (Å²) in [5.74, 6) is 0.858. The van der Waals surface area contributed by atoms with Gasteiger partial charge in [0.15, 0.2) is 0 Å². The van der Waals surface area contributed by atoms with Gasteiger partial charge in [-0.15, -0.1) is 0 Å². The van der Waals surface area contributed by atoms with Crippen molar-refractivity contribution < 1.29 is 9.53 Å². The zero-order valence-corrected chi connectivity index (χ0v) is 16.7. The van der Waals surface area contributed by atoms with Crippen LogP contribution >= 0.6 is 0 Å². The average molecular weight is 405 g/mol. The maximum Gasteiger partial charge on any atom is 0.252 e. The molecule has 4 rings (SSSR count). The Balaban J connectivity index is 1.47. The third kappa shape index (κ3) is 4.32. The van der Waals surface area contributed by atoms with Gasteiger partial charge >= 0.3 is 0 Å². The first-order valence-corrected chi connectivity index (χ1v) is 9.82. The molecule has 154 valence electrons. The van der Waals surface area contributed by atoms with Gasteiger partial charge < -0.3 is 15.0 Å². The van der Waals surface area contributed by atoms with Crippen LogP contribution in [0.1, 0.15) is 23.7 Å². The van der Waals surface area contributed by atoms with Crippen LogP contribution < -0.4 is 20.5 Å². The first-order chi connectivity index (χ1) is 14.6. The van der Waals surface area contributed by atoms with Crippen molar-refractivity contribution in [2.24, 2.45) is 0 Å². The number of aromatic amines is 1. The number of carbonyl (C=O) groups excluding carboxylic acids is 1. The minimum Gasteiger partial charge on any atom is -0.495 e. The van der Waals surface area contributed by atoms with Gasteiger partial charge in [0.25, 0.3) is 5.56 Å². The molecular formula is C22H23N5O3. The van der Waals surface area contributed by atoms with Crippen LogP contribution in [0.5, 0.6) is 5.75 Å². The number of para-hydroxylation sites is 2. The molecule has 1 amide bonds. The standard InChI is InChI=1S/C22H23N5O3/c1-30-19-8-3-2-7-18(19)27-14-15(12-21(27)29)17-13-20(28)26-22(25-17)24-11-9-16-6-4-5-10-23-16/h2-8,10,13,15H,9,11-12,14H2,1H3,(H2,24,25,26,28). The van der Waals surface area contributed by atoms with Crippen LogP contribution in [0.3, 0.4) is 0 Å². The molecule has 1 fully saturated rings.